The molecule has 3 aromatic carbocycles. The maximum absolute atomic E-state index is 13.5. The van der Waals surface area contributed by atoms with Gasteiger partial charge in [0.1, 0.15) is 0 Å². The number of methoxy groups -OCH3 is 1. The number of urea groups is 1. The lowest BCUT2D eigenvalue weighted by molar-refractivity contribution is -0.145. The van der Waals surface area contributed by atoms with Crippen molar-refractivity contribution in [1.82, 2.24) is 15.2 Å². The SMILES string of the molecule is COC(=O)C1CN(Cc2ccccn2)CC1c1cc(-c2ccccc2Cl)c2c(c1)N(c1c(Cl)cccc1Cl)C(=O)NC2. The number of anilines is 2. The van der Waals surface area contributed by atoms with E-state index in [1.807, 2.05) is 48.5 Å². The number of para-hydroxylation sites is 1. The summed E-state index contributed by atoms with van der Waals surface area (Å²) in [6.07, 6.45) is 1.76. The second-order valence-corrected chi connectivity index (χ2v) is 11.6. The summed E-state index contributed by atoms with van der Waals surface area (Å²) in [6.45, 7) is 1.98. The number of benzene rings is 3. The minimum Gasteiger partial charge on any atom is -0.469 e. The largest absolute Gasteiger partial charge is 0.469 e. The first kappa shape index (κ1) is 28.5. The van der Waals surface area contributed by atoms with Crippen LogP contribution >= 0.6 is 34.8 Å². The molecule has 0 spiro atoms. The number of amides is 2. The summed E-state index contributed by atoms with van der Waals surface area (Å²) in [7, 11) is 1.41. The molecule has 2 amide bonds. The lowest BCUT2D eigenvalue weighted by Crippen LogP contribution is -2.42. The highest BCUT2D eigenvalue weighted by Crippen LogP contribution is 2.47. The topological polar surface area (TPSA) is 74.8 Å². The molecule has 2 aliphatic rings. The van der Waals surface area contributed by atoms with Gasteiger partial charge in [0.2, 0.25) is 0 Å². The fourth-order valence-electron chi connectivity index (χ4n) is 5.94. The number of aromatic nitrogens is 1. The summed E-state index contributed by atoms with van der Waals surface area (Å²) in [5.41, 5.74) is 5.35. The molecule has 2 unspecified atom stereocenters. The van der Waals surface area contributed by atoms with E-state index in [0.717, 1.165) is 27.9 Å². The second-order valence-electron chi connectivity index (χ2n) is 10.4. The van der Waals surface area contributed by atoms with Crippen LogP contribution in [0.15, 0.2) is 79.0 Å². The van der Waals surface area contributed by atoms with E-state index in [1.54, 1.807) is 24.4 Å². The molecule has 0 saturated carbocycles. The number of pyridine rings is 1. The Labute approximate surface area is 259 Å². The molecule has 2 aliphatic heterocycles. The van der Waals surface area contributed by atoms with Crippen LogP contribution in [-0.4, -0.2) is 42.1 Å². The summed E-state index contributed by atoms with van der Waals surface area (Å²) in [4.78, 5) is 34.8. The molecule has 2 atom stereocenters. The Morgan fingerprint density at radius 2 is 1.69 bits per heavy atom. The molecule has 7 nitrogen and oxygen atoms in total. The number of carbonyl (C=O) groups excluding carboxylic acids is 2. The molecule has 6 rings (SSSR count). The zero-order chi connectivity index (χ0) is 29.4. The molecular formula is C32H27Cl3N4O3. The third-order valence-electron chi connectivity index (χ3n) is 7.87. The summed E-state index contributed by atoms with van der Waals surface area (Å²) >= 11 is 20.0. The Kier molecular flexibility index (Phi) is 8.10. The van der Waals surface area contributed by atoms with Crippen LogP contribution < -0.4 is 10.2 Å². The number of nitrogens with one attached hydrogen (secondary N) is 1. The maximum atomic E-state index is 13.5. The Bertz CT molecular complexity index is 1650. The highest BCUT2D eigenvalue weighted by atomic mass is 35.5. The molecule has 0 bridgehead atoms. The Balaban J connectivity index is 1.52. The van der Waals surface area contributed by atoms with Crippen LogP contribution in [0.25, 0.3) is 11.1 Å². The summed E-state index contributed by atoms with van der Waals surface area (Å²) in [5.74, 6) is -0.934. The minimum atomic E-state index is -0.425. The predicted octanol–water partition coefficient (Wildman–Crippen LogP) is 7.46. The van der Waals surface area contributed by atoms with Crippen molar-refractivity contribution < 1.29 is 14.3 Å². The molecule has 4 aromatic rings. The highest BCUT2D eigenvalue weighted by molar-refractivity contribution is 6.40. The average Bonchev–Trinajstić information content (AvgIpc) is 3.41. The highest BCUT2D eigenvalue weighted by Gasteiger charge is 2.41. The molecule has 214 valence electrons. The Morgan fingerprint density at radius 3 is 2.40 bits per heavy atom. The van der Waals surface area contributed by atoms with Gasteiger partial charge in [-0.1, -0.05) is 71.2 Å². The zero-order valence-electron chi connectivity index (χ0n) is 22.7. The van der Waals surface area contributed by atoms with Crippen molar-refractivity contribution in [3.63, 3.8) is 0 Å². The van der Waals surface area contributed by atoms with Crippen LogP contribution in [0, 0.1) is 5.92 Å². The molecular weight excluding hydrogens is 595 g/mol. The molecule has 0 radical (unpaired) electrons. The van der Waals surface area contributed by atoms with Gasteiger partial charge < -0.3 is 10.1 Å². The van der Waals surface area contributed by atoms with Gasteiger partial charge in [-0.2, -0.15) is 0 Å². The van der Waals surface area contributed by atoms with Gasteiger partial charge in [0.15, 0.2) is 0 Å². The number of ether oxygens (including phenoxy) is 1. The number of nitrogens with zero attached hydrogens (tertiary/aromatic N) is 3. The molecule has 1 saturated heterocycles. The lowest BCUT2D eigenvalue weighted by atomic mass is 9.84. The maximum Gasteiger partial charge on any atom is 0.326 e. The van der Waals surface area contributed by atoms with Crippen LogP contribution in [0.4, 0.5) is 16.2 Å². The molecule has 0 aliphatic carbocycles. The van der Waals surface area contributed by atoms with E-state index in [-0.39, 0.29) is 24.5 Å². The van der Waals surface area contributed by atoms with Crippen molar-refractivity contribution in [3.05, 3.63) is 111 Å². The van der Waals surface area contributed by atoms with Crippen LogP contribution in [-0.2, 0) is 22.6 Å². The molecule has 3 heterocycles. The van der Waals surface area contributed by atoms with Crippen LogP contribution in [0.1, 0.15) is 22.7 Å². The number of hydrogen-bond donors (Lipinski definition) is 1. The number of carbonyl (C=O) groups is 2. The first-order valence-corrected chi connectivity index (χ1v) is 14.6. The smallest absolute Gasteiger partial charge is 0.326 e. The lowest BCUT2D eigenvalue weighted by Gasteiger charge is -2.34. The van der Waals surface area contributed by atoms with Crippen molar-refractivity contribution in [2.45, 2.75) is 19.0 Å². The van der Waals surface area contributed by atoms with Crippen LogP contribution in [0.5, 0.6) is 0 Å². The first-order chi connectivity index (χ1) is 20.4. The summed E-state index contributed by atoms with van der Waals surface area (Å²) < 4.78 is 5.26. The average molecular weight is 622 g/mol. The van der Waals surface area contributed by atoms with Crippen molar-refractivity contribution in [1.29, 1.82) is 0 Å². The molecule has 10 heteroatoms. The van der Waals surface area contributed by atoms with E-state index in [9.17, 15) is 9.59 Å². The van der Waals surface area contributed by atoms with Gasteiger partial charge in [-0.3, -0.25) is 19.6 Å². The fraction of sp³-hybridized carbons (Fsp3) is 0.219. The van der Waals surface area contributed by atoms with Gasteiger partial charge in [0.05, 0.1) is 40.1 Å². The van der Waals surface area contributed by atoms with Crippen LogP contribution in [0.2, 0.25) is 15.1 Å². The monoisotopic (exact) mass is 620 g/mol. The molecule has 42 heavy (non-hydrogen) atoms. The third kappa shape index (κ3) is 5.34. The number of rotatable bonds is 6. The van der Waals surface area contributed by atoms with Crippen molar-refractivity contribution in [3.8, 4) is 11.1 Å². The van der Waals surface area contributed by atoms with Crippen LogP contribution in [0.3, 0.4) is 0 Å². The normalized spacial score (nSPS) is 18.5. The van der Waals surface area contributed by atoms with Gasteiger partial charge in [-0.05, 0) is 47.5 Å². The van der Waals surface area contributed by atoms with E-state index >= 15 is 0 Å². The van der Waals surface area contributed by atoms with Gasteiger partial charge in [-0.15, -0.1) is 0 Å². The standard InChI is InChI=1S/C32H27Cl3N4O3/c1-42-31(40)25-18-38(16-20-7-4-5-12-36-20)17-24(25)19-13-22(21-8-2-3-9-26(21)33)23-15-37-32(41)39(29(23)14-19)30-27(34)10-6-11-28(30)35/h2-14,24-25H,15-18H2,1H3,(H,37,41). The van der Waals surface area contributed by atoms with Gasteiger partial charge in [-0.25, -0.2) is 4.79 Å². The van der Waals surface area contributed by atoms with Crippen molar-refractivity contribution in [2.75, 3.05) is 25.1 Å². The quantitative estimate of drug-likeness (QED) is 0.226. The van der Waals surface area contributed by atoms with E-state index in [0.29, 0.717) is 46.1 Å². The van der Waals surface area contributed by atoms with Gasteiger partial charge >= 0.3 is 12.0 Å². The molecule has 1 aromatic heterocycles. The first-order valence-electron chi connectivity index (χ1n) is 13.5. The molecule has 1 N–H and O–H groups in total. The predicted molar refractivity (Wildman–Crippen MR) is 165 cm³/mol. The van der Waals surface area contributed by atoms with Gasteiger partial charge in [0, 0.05) is 54.4 Å². The van der Waals surface area contributed by atoms with E-state index < -0.39 is 5.92 Å². The number of hydrogen-bond acceptors (Lipinski definition) is 5. The fourth-order valence-corrected chi connectivity index (χ4v) is 6.74. The zero-order valence-corrected chi connectivity index (χ0v) is 25.0. The number of fused-ring (bicyclic) bond motifs is 1. The summed E-state index contributed by atoms with van der Waals surface area (Å²) in [6, 6.07) is 22.2. The summed E-state index contributed by atoms with van der Waals surface area (Å²) in [5, 5.41) is 4.22. The number of likely N-dealkylation sites (tertiary alicyclic amines) is 1. The van der Waals surface area contributed by atoms with E-state index in [4.69, 9.17) is 39.5 Å². The third-order valence-corrected chi connectivity index (χ3v) is 8.81. The number of halogens is 3. The minimum absolute atomic E-state index is 0.221. The Morgan fingerprint density at radius 1 is 0.952 bits per heavy atom. The second kappa shape index (κ2) is 11.9. The Hall–Kier alpha value is -3.62. The van der Waals surface area contributed by atoms with Gasteiger partial charge in [0.25, 0.3) is 0 Å². The van der Waals surface area contributed by atoms with E-state index in [2.05, 4.69) is 21.3 Å². The number of esters is 1. The van der Waals surface area contributed by atoms with E-state index in [1.165, 1.54) is 12.0 Å². The van der Waals surface area contributed by atoms with Crippen molar-refractivity contribution in [2.24, 2.45) is 5.92 Å². The van der Waals surface area contributed by atoms with Crippen molar-refractivity contribution >= 4 is 58.2 Å². The molecule has 1 fully saturated rings.